The van der Waals surface area contributed by atoms with Crippen LogP contribution in [0.1, 0.15) is 11.1 Å². The Hall–Kier alpha value is -1.98. The number of rotatable bonds is 4. The van der Waals surface area contributed by atoms with Crippen molar-refractivity contribution in [2.75, 3.05) is 10.5 Å². The molecule has 0 unspecified atom stereocenters. The molecule has 0 atom stereocenters. The maximum absolute atomic E-state index is 12.0. The van der Waals surface area contributed by atoms with Crippen molar-refractivity contribution >= 4 is 39.1 Å². The van der Waals surface area contributed by atoms with E-state index in [2.05, 4.69) is 4.72 Å². The van der Waals surface area contributed by atoms with E-state index in [4.69, 9.17) is 17.3 Å². The summed E-state index contributed by atoms with van der Waals surface area (Å²) in [6.45, 7) is 1.81. The van der Waals surface area contributed by atoms with Gasteiger partial charge in [-0.3, -0.25) is 4.72 Å². The van der Waals surface area contributed by atoms with Crippen molar-refractivity contribution in [3.05, 3.63) is 64.0 Å². The molecule has 3 N–H and O–H groups in total. The number of nitrogens with one attached hydrogen (secondary N) is 1. The average molecular weight is 323 g/mol. The van der Waals surface area contributed by atoms with E-state index in [-0.39, 0.29) is 0 Å². The number of hydrogen-bond acceptors (Lipinski definition) is 3. The van der Waals surface area contributed by atoms with Gasteiger partial charge in [-0.05, 0) is 48.4 Å². The Morgan fingerprint density at radius 2 is 1.81 bits per heavy atom. The standard InChI is InChI=1S/C15H15ClN2O2S/c1-11-2-7-14(17)10-15(11)18-21(19,20)9-8-12-3-5-13(16)6-4-12/h2-10,18H,17H2,1H3/b9-8+. The number of halogens is 1. The first-order chi connectivity index (χ1) is 9.85. The fourth-order valence-corrected chi connectivity index (χ4v) is 2.74. The van der Waals surface area contributed by atoms with Crippen LogP contribution in [-0.2, 0) is 10.0 Å². The van der Waals surface area contributed by atoms with Gasteiger partial charge in [-0.1, -0.05) is 29.8 Å². The van der Waals surface area contributed by atoms with Gasteiger partial charge < -0.3 is 5.73 Å². The molecular formula is C15H15ClN2O2S. The van der Waals surface area contributed by atoms with Crippen molar-refractivity contribution < 1.29 is 8.42 Å². The molecule has 0 saturated carbocycles. The third kappa shape index (κ3) is 4.51. The summed E-state index contributed by atoms with van der Waals surface area (Å²) in [6.07, 6.45) is 1.50. The largest absolute Gasteiger partial charge is 0.399 e. The average Bonchev–Trinajstić information content (AvgIpc) is 2.42. The zero-order chi connectivity index (χ0) is 15.5. The number of benzene rings is 2. The summed E-state index contributed by atoms with van der Waals surface area (Å²) < 4.78 is 26.6. The van der Waals surface area contributed by atoms with Crippen LogP contribution in [0.15, 0.2) is 47.9 Å². The molecule has 0 aliphatic heterocycles. The molecule has 0 amide bonds. The molecule has 2 rings (SSSR count). The highest BCUT2D eigenvalue weighted by Gasteiger charge is 2.08. The summed E-state index contributed by atoms with van der Waals surface area (Å²) in [7, 11) is -3.60. The predicted molar refractivity (Wildman–Crippen MR) is 88.6 cm³/mol. The second-order valence-corrected chi connectivity index (χ2v) is 6.58. The maximum Gasteiger partial charge on any atom is 0.255 e. The van der Waals surface area contributed by atoms with Gasteiger partial charge in [0.1, 0.15) is 0 Å². The van der Waals surface area contributed by atoms with Crippen LogP contribution in [0, 0.1) is 6.92 Å². The number of nitrogens with two attached hydrogens (primary N) is 1. The number of hydrogen-bond donors (Lipinski definition) is 2. The molecule has 21 heavy (non-hydrogen) atoms. The topological polar surface area (TPSA) is 72.2 Å². The first kappa shape index (κ1) is 15.4. The quantitative estimate of drug-likeness (QED) is 0.844. The van der Waals surface area contributed by atoms with Gasteiger partial charge in [0.15, 0.2) is 0 Å². The van der Waals surface area contributed by atoms with Crippen molar-refractivity contribution in [1.82, 2.24) is 0 Å². The Bertz CT molecular complexity index is 769. The molecule has 2 aromatic rings. The molecule has 0 radical (unpaired) electrons. The lowest BCUT2D eigenvalue weighted by Gasteiger charge is -2.08. The zero-order valence-electron chi connectivity index (χ0n) is 11.4. The Labute approximate surface area is 129 Å². The lowest BCUT2D eigenvalue weighted by Crippen LogP contribution is -2.10. The maximum atomic E-state index is 12.0. The highest BCUT2D eigenvalue weighted by atomic mass is 35.5. The van der Waals surface area contributed by atoms with Gasteiger partial charge in [-0.25, -0.2) is 8.42 Å². The van der Waals surface area contributed by atoms with E-state index >= 15 is 0 Å². The first-order valence-electron chi connectivity index (χ1n) is 6.18. The van der Waals surface area contributed by atoms with Crippen LogP contribution >= 0.6 is 11.6 Å². The second-order valence-electron chi connectivity index (χ2n) is 4.58. The molecule has 110 valence electrons. The molecule has 4 nitrogen and oxygen atoms in total. The van der Waals surface area contributed by atoms with Crippen molar-refractivity contribution in [3.8, 4) is 0 Å². The van der Waals surface area contributed by atoms with E-state index in [9.17, 15) is 8.42 Å². The Balaban J connectivity index is 2.18. The minimum atomic E-state index is -3.60. The van der Waals surface area contributed by atoms with Crippen molar-refractivity contribution in [3.63, 3.8) is 0 Å². The molecule has 0 fully saturated rings. The Morgan fingerprint density at radius 1 is 1.14 bits per heavy atom. The van der Waals surface area contributed by atoms with Crippen molar-refractivity contribution in [2.45, 2.75) is 6.92 Å². The fraction of sp³-hybridized carbons (Fsp3) is 0.0667. The lowest BCUT2D eigenvalue weighted by atomic mass is 10.2. The highest BCUT2D eigenvalue weighted by Crippen LogP contribution is 2.20. The van der Waals surface area contributed by atoms with Gasteiger partial charge >= 0.3 is 0 Å². The fourth-order valence-electron chi connectivity index (χ4n) is 1.68. The number of anilines is 2. The molecule has 0 aliphatic carbocycles. The number of sulfonamides is 1. The molecule has 6 heteroatoms. The summed E-state index contributed by atoms with van der Waals surface area (Å²) in [6, 6.07) is 11.9. The summed E-state index contributed by atoms with van der Waals surface area (Å²) in [5, 5.41) is 1.71. The van der Waals surface area contributed by atoms with Crippen LogP contribution in [-0.4, -0.2) is 8.42 Å². The minimum absolute atomic E-state index is 0.468. The monoisotopic (exact) mass is 322 g/mol. The molecule has 0 spiro atoms. The third-order valence-electron chi connectivity index (χ3n) is 2.82. The van der Waals surface area contributed by atoms with Crippen LogP contribution in [0.3, 0.4) is 0 Å². The zero-order valence-corrected chi connectivity index (χ0v) is 12.9. The van der Waals surface area contributed by atoms with E-state index in [1.807, 2.05) is 0 Å². The van der Waals surface area contributed by atoms with E-state index < -0.39 is 10.0 Å². The summed E-state index contributed by atoms with van der Waals surface area (Å²) in [4.78, 5) is 0. The van der Waals surface area contributed by atoms with Gasteiger partial charge in [0.2, 0.25) is 0 Å². The smallest absolute Gasteiger partial charge is 0.255 e. The van der Waals surface area contributed by atoms with E-state index in [0.717, 1.165) is 16.5 Å². The predicted octanol–water partition coefficient (Wildman–Crippen LogP) is 3.64. The van der Waals surface area contributed by atoms with E-state index in [1.54, 1.807) is 49.4 Å². The first-order valence-corrected chi connectivity index (χ1v) is 8.11. The Morgan fingerprint density at radius 3 is 2.48 bits per heavy atom. The van der Waals surface area contributed by atoms with Crippen LogP contribution in [0.25, 0.3) is 6.08 Å². The van der Waals surface area contributed by atoms with Crippen LogP contribution < -0.4 is 10.5 Å². The van der Waals surface area contributed by atoms with Gasteiger partial charge in [-0.2, -0.15) is 0 Å². The normalized spacial score (nSPS) is 11.7. The molecule has 0 aliphatic rings. The molecule has 0 saturated heterocycles. The van der Waals surface area contributed by atoms with Crippen molar-refractivity contribution in [2.24, 2.45) is 0 Å². The molecule has 0 aromatic heterocycles. The van der Waals surface area contributed by atoms with Gasteiger partial charge in [0.25, 0.3) is 10.0 Å². The second kappa shape index (κ2) is 6.20. The van der Waals surface area contributed by atoms with Crippen LogP contribution in [0.5, 0.6) is 0 Å². The summed E-state index contributed by atoms with van der Waals surface area (Å²) >= 11 is 5.77. The number of aryl methyl sites for hydroxylation is 1. The molecule has 0 bridgehead atoms. The Kier molecular flexibility index (Phi) is 4.55. The summed E-state index contributed by atoms with van der Waals surface area (Å²) in [5.74, 6) is 0. The van der Waals surface area contributed by atoms with Crippen molar-refractivity contribution in [1.29, 1.82) is 0 Å². The summed E-state index contributed by atoms with van der Waals surface area (Å²) in [5.41, 5.74) is 8.17. The van der Waals surface area contributed by atoms with Crippen LogP contribution in [0.4, 0.5) is 11.4 Å². The van der Waals surface area contributed by atoms with E-state index in [1.165, 1.54) is 6.08 Å². The lowest BCUT2D eigenvalue weighted by molar-refractivity contribution is 0.609. The molecule has 0 heterocycles. The number of nitrogen functional groups attached to an aromatic ring is 1. The van der Waals surface area contributed by atoms with Gasteiger partial charge in [0.05, 0.1) is 11.1 Å². The van der Waals surface area contributed by atoms with Gasteiger partial charge in [0, 0.05) is 10.7 Å². The molecule has 2 aromatic carbocycles. The van der Waals surface area contributed by atoms with E-state index in [0.29, 0.717) is 16.4 Å². The minimum Gasteiger partial charge on any atom is -0.399 e. The van der Waals surface area contributed by atoms with Crippen LogP contribution in [0.2, 0.25) is 5.02 Å². The van der Waals surface area contributed by atoms with Gasteiger partial charge in [-0.15, -0.1) is 0 Å². The highest BCUT2D eigenvalue weighted by molar-refractivity contribution is 7.95. The molecular weight excluding hydrogens is 308 g/mol. The third-order valence-corrected chi connectivity index (χ3v) is 4.07. The SMILES string of the molecule is Cc1ccc(N)cc1NS(=O)(=O)/C=C/c1ccc(Cl)cc1.